The molecule has 0 radical (unpaired) electrons. The van der Waals surface area contributed by atoms with Gasteiger partial charge in [-0.3, -0.25) is 0 Å². The first kappa shape index (κ1) is 24.0. The zero-order valence-corrected chi connectivity index (χ0v) is 20.2. The largest absolute Gasteiger partial charge is 0.489 e. The van der Waals surface area contributed by atoms with E-state index in [0.29, 0.717) is 30.3 Å². The molecule has 0 atom stereocenters. The normalized spacial score (nSPS) is 10.7. The first-order valence-electron chi connectivity index (χ1n) is 11.7. The monoisotopic (exact) mass is 465 g/mol. The van der Waals surface area contributed by atoms with E-state index in [9.17, 15) is 9.65 Å². The van der Waals surface area contributed by atoms with Crippen molar-refractivity contribution in [1.82, 2.24) is 0 Å². The van der Waals surface area contributed by atoms with Crippen LogP contribution in [0.4, 0.5) is 4.39 Å². The molecular formula is C31H28FNO2. The molecule has 0 aliphatic heterocycles. The van der Waals surface area contributed by atoms with Gasteiger partial charge in [0, 0.05) is 11.6 Å². The number of benzene rings is 4. The van der Waals surface area contributed by atoms with Crippen molar-refractivity contribution in [2.24, 2.45) is 0 Å². The second-order valence-electron chi connectivity index (χ2n) is 8.85. The number of hydrogen-bond donors (Lipinski definition) is 0. The minimum atomic E-state index is -0.319. The van der Waals surface area contributed by atoms with Crippen molar-refractivity contribution in [3.63, 3.8) is 0 Å². The van der Waals surface area contributed by atoms with Gasteiger partial charge >= 0.3 is 0 Å². The molecule has 0 fully saturated rings. The van der Waals surface area contributed by atoms with Crippen molar-refractivity contribution in [2.45, 2.75) is 39.9 Å². The second-order valence-corrected chi connectivity index (χ2v) is 8.85. The zero-order valence-electron chi connectivity index (χ0n) is 20.2. The molecule has 4 heteroatoms. The predicted octanol–water partition coefficient (Wildman–Crippen LogP) is 7.95. The van der Waals surface area contributed by atoms with Gasteiger partial charge in [0.1, 0.15) is 30.5 Å². The fourth-order valence-corrected chi connectivity index (χ4v) is 4.03. The highest BCUT2D eigenvalue weighted by Gasteiger charge is 2.14. The molecule has 0 spiro atoms. The van der Waals surface area contributed by atoms with Gasteiger partial charge < -0.3 is 9.47 Å². The molecule has 0 aromatic heterocycles. The van der Waals surface area contributed by atoms with Crippen LogP contribution in [-0.4, -0.2) is 0 Å². The van der Waals surface area contributed by atoms with E-state index in [-0.39, 0.29) is 11.7 Å². The number of hydrogen-bond acceptors (Lipinski definition) is 3. The molecule has 4 aromatic rings. The number of nitriles is 1. The Morgan fingerprint density at radius 3 is 2.37 bits per heavy atom. The molecule has 0 aliphatic rings. The maximum absolute atomic E-state index is 13.5. The number of rotatable bonds is 8. The molecule has 0 saturated heterocycles. The van der Waals surface area contributed by atoms with Crippen molar-refractivity contribution in [3.05, 3.63) is 119 Å². The van der Waals surface area contributed by atoms with Crippen LogP contribution in [0.15, 0.2) is 84.9 Å². The molecule has 0 aliphatic carbocycles. The van der Waals surface area contributed by atoms with Gasteiger partial charge in [-0.15, -0.1) is 0 Å². The third-order valence-electron chi connectivity index (χ3n) is 6.02. The molecule has 176 valence electrons. The van der Waals surface area contributed by atoms with Gasteiger partial charge in [-0.1, -0.05) is 62.4 Å². The highest BCUT2D eigenvalue weighted by atomic mass is 19.1. The molecule has 0 unspecified atom stereocenters. The number of ether oxygens (including phenoxy) is 2. The van der Waals surface area contributed by atoms with Crippen LogP contribution in [0.1, 0.15) is 47.6 Å². The average molecular weight is 466 g/mol. The Balaban J connectivity index is 1.64. The van der Waals surface area contributed by atoms with E-state index in [1.165, 1.54) is 12.1 Å². The molecule has 35 heavy (non-hydrogen) atoms. The predicted molar refractivity (Wildman–Crippen MR) is 137 cm³/mol. The molecule has 0 amide bonds. The van der Waals surface area contributed by atoms with Crippen molar-refractivity contribution in [3.8, 4) is 28.7 Å². The van der Waals surface area contributed by atoms with Crippen LogP contribution in [0.2, 0.25) is 0 Å². The molecule has 0 saturated carbocycles. The van der Waals surface area contributed by atoms with Gasteiger partial charge in [0.15, 0.2) is 0 Å². The lowest BCUT2D eigenvalue weighted by Crippen LogP contribution is -2.03. The van der Waals surface area contributed by atoms with E-state index in [4.69, 9.17) is 9.47 Å². The quantitative estimate of drug-likeness (QED) is 0.265. The van der Waals surface area contributed by atoms with Crippen molar-refractivity contribution < 1.29 is 13.9 Å². The fourth-order valence-electron chi connectivity index (χ4n) is 4.03. The standard InChI is InChI=1S/C31H28FNO2/c1-21(2)30-16-24(12-13-26(30)20-34-28-10-6-9-27(32)17-28)29-14-11-23(18-33)15-31(29)35-19-25-8-5-4-7-22(25)3/h4-17,21H,19-20H2,1-3H3. The summed E-state index contributed by atoms with van der Waals surface area (Å²) in [6, 6.07) is 28.3. The van der Waals surface area contributed by atoms with E-state index in [1.807, 2.05) is 42.5 Å². The Hall–Kier alpha value is -4.10. The summed E-state index contributed by atoms with van der Waals surface area (Å²) in [5, 5.41) is 9.43. The van der Waals surface area contributed by atoms with Gasteiger partial charge in [0.2, 0.25) is 0 Å². The van der Waals surface area contributed by atoms with E-state index in [1.54, 1.807) is 18.2 Å². The van der Waals surface area contributed by atoms with Gasteiger partial charge in [0.05, 0.1) is 11.6 Å². The average Bonchev–Trinajstić information content (AvgIpc) is 2.87. The van der Waals surface area contributed by atoms with Crippen LogP contribution >= 0.6 is 0 Å². The maximum Gasteiger partial charge on any atom is 0.128 e. The summed E-state index contributed by atoms with van der Waals surface area (Å²) in [5.74, 6) is 1.12. The van der Waals surface area contributed by atoms with Gasteiger partial charge in [-0.2, -0.15) is 5.26 Å². The lowest BCUT2D eigenvalue weighted by molar-refractivity contribution is 0.303. The Morgan fingerprint density at radius 1 is 0.829 bits per heavy atom. The Bertz CT molecular complexity index is 1370. The highest BCUT2D eigenvalue weighted by Crippen LogP contribution is 2.35. The minimum Gasteiger partial charge on any atom is -0.489 e. The first-order chi connectivity index (χ1) is 16.9. The van der Waals surface area contributed by atoms with Crippen LogP contribution in [0.25, 0.3) is 11.1 Å². The molecular weight excluding hydrogens is 437 g/mol. The molecule has 3 nitrogen and oxygen atoms in total. The summed E-state index contributed by atoms with van der Waals surface area (Å²) in [7, 11) is 0. The smallest absolute Gasteiger partial charge is 0.128 e. The van der Waals surface area contributed by atoms with Crippen LogP contribution in [0.3, 0.4) is 0 Å². The Kier molecular flexibility index (Phi) is 7.48. The first-order valence-corrected chi connectivity index (χ1v) is 11.7. The summed E-state index contributed by atoms with van der Waals surface area (Å²) < 4.78 is 25.6. The summed E-state index contributed by atoms with van der Waals surface area (Å²) >= 11 is 0. The summed E-state index contributed by atoms with van der Waals surface area (Å²) in [5.41, 5.74) is 6.95. The summed E-state index contributed by atoms with van der Waals surface area (Å²) in [4.78, 5) is 0. The van der Waals surface area contributed by atoms with Crippen LogP contribution < -0.4 is 9.47 Å². The minimum absolute atomic E-state index is 0.260. The van der Waals surface area contributed by atoms with Gasteiger partial charge in [0.25, 0.3) is 0 Å². The second kappa shape index (κ2) is 10.9. The van der Waals surface area contributed by atoms with Crippen LogP contribution in [0.5, 0.6) is 11.5 Å². The van der Waals surface area contributed by atoms with Crippen molar-refractivity contribution in [2.75, 3.05) is 0 Å². The maximum atomic E-state index is 13.5. The number of nitrogens with zero attached hydrogens (tertiary/aromatic N) is 1. The van der Waals surface area contributed by atoms with Crippen molar-refractivity contribution >= 4 is 0 Å². The molecule has 4 aromatic carbocycles. The molecule has 0 N–H and O–H groups in total. The lowest BCUT2D eigenvalue weighted by atomic mass is 9.92. The zero-order chi connectivity index (χ0) is 24.8. The van der Waals surface area contributed by atoms with Crippen LogP contribution in [0, 0.1) is 24.1 Å². The lowest BCUT2D eigenvalue weighted by Gasteiger charge is -2.18. The van der Waals surface area contributed by atoms with Crippen molar-refractivity contribution in [1.29, 1.82) is 5.26 Å². The molecule has 0 bridgehead atoms. The van der Waals surface area contributed by atoms with Crippen LogP contribution in [-0.2, 0) is 13.2 Å². The Labute approximate surface area is 206 Å². The SMILES string of the molecule is Cc1ccccc1COc1cc(C#N)ccc1-c1ccc(COc2cccc(F)c2)c(C(C)C)c1. The van der Waals surface area contributed by atoms with E-state index >= 15 is 0 Å². The van der Waals surface area contributed by atoms with E-state index < -0.39 is 0 Å². The topological polar surface area (TPSA) is 42.2 Å². The summed E-state index contributed by atoms with van der Waals surface area (Å²) in [6.45, 7) is 7.11. The van der Waals surface area contributed by atoms with Gasteiger partial charge in [-0.05, 0) is 71.0 Å². The Morgan fingerprint density at radius 2 is 1.63 bits per heavy atom. The van der Waals surface area contributed by atoms with E-state index in [2.05, 4.69) is 39.0 Å². The third kappa shape index (κ3) is 5.88. The number of halogens is 1. The molecule has 0 heterocycles. The third-order valence-corrected chi connectivity index (χ3v) is 6.02. The highest BCUT2D eigenvalue weighted by molar-refractivity contribution is 5.72. The van der Waals surface area contributed by atoms with Gasteiger partial charge in [-0.25, -0.2) is 4.39 Å². The summed E-state index contributed by atoms with van der Waals surface area (Å²) in [6.07, 6.45) is 0. The molecule has 4 rings (SSSR count). The fraction of sp³-hybridized carbons (Fsp3) is 0.194. The number of aryl methyl sites for hydroxylation is 1. The van der Waals surface area contributed by atoms with E-state index in [0.717, 1.165) is 33.4 Å².